The Morgan fingerprint density at radius 2 is 2.12 bits per heavy atom. The molecule has 0 aromatic heterocycles. The van der Waals surface area contributed by atoms with Crippen LogP contribution in [0.5, 0.6) is 0 Å². The van der Waals surface area contributed by atoms with Crippen LogP contribution in [0.25, 0.3) is 0 Å². The summed E-state index contributed by atoms with van der Waals surface area (Å²) >= 11 is 0. The highest BCUT2D eigenvalue weighted by Crippen LogP contribution is 2.23. The fraction of sp³-hybridized carbons (Fsp3) is 0.917. The molecule has 4 heteroatoms. The quantitative estimate of drug-likeness (QED) is 0.668. The van der Waals surface area contributed by atoms with Gasteiger partial charge in [-0.2, -0.15) is 0 Å². The fourth-order valence-corrected chi connectivity index (χ4v) is 2.25. The van der Waals surface area contributed by atoms with Crippen LogP contribution in [0.15, 0.2) is 0 Å². The van der Waals surface area contributed by atoms with Crippen LogP contribution in [0.1, 0.15) is 39.5 Å². The Balaban J connectivity index is 2.24. The maximum absolute atomic E-state index is 11.3. The molecule has 0 radical (unpaired) electrons. The summed E-state index contributed by atoms with van der Waals surface area (Å²) in [7, 11) is 0. The van der Waals surface area contributed by atoms with Crippen molar-refractivity contribution in [2.45, 2.75) is 51.7 Å². The molecule has 0 unspecified atom stereocenters. The predicted molar refractivity (Wildman–Crippen MR) is 64.0 cm³/mol. The summed E-state index contributed by atoms with van der Waals surface area (Å²) in [6.45, 7) is 5.53. The number of nitrogens with two attached hydrogens (primary N) is 1. The molecule has 0 aromatic carbocycles. The molecule has 0 bridgehead atoms. The van der Waals surface area contributed by atoms with Gasteiger partial charge < -0.3 is 15.8 Å². The van der Waals surface area contributed by atoms with E-state index < -0.39 is 0 Å². The molecule has 94 valence electrons. The number of primary amides is 1. The second kappa shape index (κ2) is 6.86. The van der Waals surface area contributed by atoms with Crippen LogP contribution >= 0.6 is 0 Å². The first-order chi connectivity index (χ1) is 7.61. The van der Waals surface area contributed by atoms with Gasteiger partial charge >= 0.3 is 0 Å². The van der Waals surface area contributed by atoms with Crippen LogP contribution < -0.4 is 11.1 Å². The van der Waals surface area contributed by atoms with E-state index in [1.807, 2.05) is 13.8 Å². The van der Waals surface area contributed by atoms with Gasteiger partial charge in [-0.05, 0) is 26.7 Å². The van der Waals surface area contributed by atoms with Crippen molar-refractivity contribution in [2.24, 2.45) is 11.7 Å². The standard InChI is InChI=1S/C12H24N2O2/c1-9(2)16-8-7-14-11-6-4-3-5-10(11)12(13)15/h9-11,14H,3-8H2,1-2H3,(H2,13,15)/t10-,11-/m0/s1. The average Bonchev–Trinajstić information content (AvgIpc) is 2.24. The van der Waals surface area contributed by atoms with Crippen LogP contribution in [0.3, 0.4) is 0 Å². The highest BCUT2D eigenvalue weighted by atomic mass is 16.5. The van der Waals surface area contributed by atoms with Gasteiger partial charge in [-0.15, -0.1) is 0 Å². The van der Waals surface area contributed by atoms with Crippen molar-refractivity contribution in [2.75, 3.05) is 13.2 Å². The molecule has 0 aliphatic heterocycles. The molecule has 1 fully saturated rings. The number of amides is 1. The molecular weight excluding hydrogens is 204 g/mol. The lowest BCUT2D eigenvalue weighted by Gasteiger charge is -2.30. The molecule has 1 amide bonds. The third-order valence-corrected chi connectivity index (χ3v) is 3.09. The zero-order chi connectivity index (χ0) is 12.0. The minimum Gasteiger partial charge on any atom is -0.377 e. The molecule has 0 saturated heterocycles. The smallest absolute Gasteiger partial charge is 0.222 e. The van der Waals surface area contributed by atoms with Gasteiger partial charge in [0.15, 0.2) is 0 Å². The Hall–Kier alpha value is -0.610. The molecule has 0 spiro atoms. The molecule has 3 N–H and O–H groups in total. The van der Waals surface area contributed by atoms with Crippen molar-refractivity contribution in [1.82, 2.24) is 5.32 Å². The number of nitrogens with one attached hydrogen (secondary N) is 1. The SMILES string of the molecule is CC(C)OCCN[C@H]1CCCC[C@@H]1C(N)=O. The van der Waals surface area contributed by atoms with Gasteiger partial charge in [0.2, 0.25) is 5.91 Å². The minimum absolute atomic E-state index is 0.00722. The summed E-state index contributed by atoms with van der Waals surface area (Å²) in [6.07, 6.45) is 4.55. The Kier molecular flexibility index (Phi) is 5.77. The summed E-state index contributed by atoms with van der Waals surface area (Å²) in [4.78, 5) is 11.3. The van der Waals surface area contributed by atoms with E-state index in [1.54, 1.807) is 0 Å². The molecule has 1 saturated carbocycles. The topological polar surface area (TPSA) is 64.3 Å². The van der Waals surface area contributed by atoms with E-state index in [0.29, 0.717) is 6.61 Å². The van der Waals surface area contributed by atoms with E-state index in [0.717, 1.165) is 25.8 Å². The van der Waals surface area contributed by atoms with Gasteiger partial charge in [-0.1, -0.05) is 12.8 Å². The van der Waals surface area contributed by atoms with Crippen molar-refractivity contribution in [3.8, 4) is 0 Å². The van der Waals surface area contributed by atoms with Crippen molar-refractivity contribution in [3.05, 3.63) is 0 Å². The van der Waals surface area contributed by atoms with Gasteiger partial charge in [-0.25, -0.2) is 0 Å². The molecule has 1 aliphatic rings. The van der Waals surface area contributed by atoms with Crippen molar-refractivity contribution in [3.63, 3.8) is 0 Å². The molecular formula is C12H24N2O2. The first-order valence-electron chi connectivity index (χ1n) is 6.25. The van der Waals surface area contributed by atoms with Crippen LogP contribution in [0.2, 0.25) is 0 Å². The average molecular weight is 228 g/mol. The lowest BCUT2D eigenvalue weighted by Crippen LogP contribution is -2.45. The van der Waals surface area contributed by atoms with E-state index in [9.17, 15) is 4.79 Å². The van der Waals surface area contributed by atoms with Gasteiger partial charge in [0.25, 0.3) is 0 Å². The van der Waals surface area contributed by atoms with Gasteiger partial charge in [0.05, 0.1) is 18.6 Å². The predicted octanol–water partition coefficient (Wildman–Crippen LogP) is 1.05. The zero-order valence-corrected chi connectivity index (χ0v) is 10.4. The number of hydrogen-bond acceptors (Lipinski definition) is 3. The first-order valence-corrected chi connectivity index (χ1v) is 6.25. The number of hydrogen-bond donors (Lipinski definition) is 2. The number of rotatable bonds is 6. The lowest BCUT2D eigenvalue weighted by molar-refractivity contribution is -0.123. The fourth-order valence-electron chi connectivity index (χ4n) is 2.25. The Morgan fingerprint density at radius 1 is 1.44 bits per heavy atom. The summed E-state index contributed by atoms with van der Waals surface area (Å²) in [5.41, 5.74) is 5.40. The summed E-state index contributed by atoms with van der Waals surface area (Å²) in [5, 5.41) is 3.38. The van der Waals surface area contributed by atoms with Crippen LogP contribution in [-0.2, 0) is 9.53 Å². The van der Waals surface area contributed by atoms with Gasteiger partial charge in [0, 0.05) is 12.6 Å². The number of carbonyl (C=O) groups is 1. The molecule has 16 heavy (non-hydrogen) atoms. The first kappa shape index (κ1) is 13.5. The molecule has 0 aromatic rings. The molecule has 1 aliphatic carbocycles. The molecule has 0 heterocycles. The van der Waals surface area contributed by atoms with E-state index in [-0.39, 0.29) is 24.0 Å². The summed E-state index contributed by atoms with van der Waals surface area (Å²) < 4.78 is 5.45. The van der Waals surface area contributed by atoms with E-state index in [4.69, 9.17) is 10.5 Å². The normalized spacial score (nSPS) is 25.9. The lowest BCUT2D eigenvalue weighted by atomic mass is 9.84. The van der Waals surface area contributed by atoms with Crippen LogP contribution in [0.4, 0.5) is 0 Å². The third kappa shape index (κ3) is 4.49. The monoisotopic (exact) mass is 228 g/mol. The zero-order valence-electron chi connectivity index (χ0n) is 10.4. The molecule has 1 rings (SSSR count). The number of carbonyl (C=O) groups excluding carboxylic acids is 1. The highest BCUT2D eigenvalue weighted by Gasteiger charge is 2.28. The third-order valence-electron chi connectivity index (χ3n) is 3.09. The van der Waals surface area contributed by atoms with Crippen molar-refractivity contribution in [1.29, 1.82) is 0 Å². The summed E-state index contributed by atoms with van der Waals surface area (Å²) in [5.74, 6) is -0.158. The van der Waals surface area contributed by atoms with Crippen LogP contribution in [-0.4, -0.2) is 31.2 Å². The van der Waals surface area contributed by atoms with E-state index in [1.165, 1.54) is 6.42 Å². The van der Waals surface area contributed by atoms with Crippen LogP contribution in [0, 0.1) is 5.92 Å². The molecule has 4 nitrogen and oxygen atoms in total. The van der Waals surface area contributed by atoms with Crippen molar-refractivity contribution < 1.29 is 9.53 Å². The molecule has 2 atom stereocenters. The van der Waals surface area contributed by atoms with Crippen molar-refractivity contribution >= 4 is 5.91 Å². The van der Waals surface area contributed by atoms with E-state index >= 15 is 0 Å². The largest absolute Gasteiger partial charge is 0.377 e. The second-order valence-electron chi connectivity index (χ2n) is 4.77. The number of ether oxygens (including phenoxy) is 1. The Labute approximate surface area is 97.9 Å². The summed E-state index contributed by atoms with van der Waals surface area (Å²) in [6, 6.07) is 0.252. The van der Waals surface area contributed by atoms with E-state index in [2.05, 4.69) is 5.32 Å². The van der Waals surface area contributed by atoms with Gasteiger partial charge in [0.1, 0.15) is 0 Å². The van der Waals surface area contributed by atoms with Gasteiger partial charge in [-0.3, -0.25) is 4.79 Å². The maximum atomic E-state index is 11.3. The Bertz CT molecular complexity index is 219. The highest BCUT2D eigenvalue weighted by molar-refractivity contribution is 5.77. The minimum atomic E-state index is -0.165. The maximum Gasteiger partial charge on any atom is 0.222 e. The Morgan fingerprint density at radius 3 is 2.75 bits per heavy atom. The second-order valence-corrected chi connectivity index (χ2v) is 4.77.